The minimum atomic E-state index is -4.64. The molecule has 4 nitrogen and oxygen atoms in total. The first-order chi connectivity index (χ1) is 10.3. The molecule has 1 heterocycles. The quantitative estimate of drug-likeness (QED) is 0.909. The zero-order valence-electron chi connectivity index (χ0n) is 11.7. The summed E-state index contributed by atoms with van der Waals surface area (Å²) in [7, 11) is 0. The van der Waals surface area contributed by atoms with Crippen LogP contribution < -0.4 is 9.47 Å². The second-order valence-electron chi connectivity index (χ2n) is 5.63. The van der Waals surface area contributed by atoms with Crippen LogP contribution in [0.4, 0.5) is 13.2 Å². The Balaban J connectivity index is 2.19. The molecular formula is C15H15F3O4. The van der Waals surface area contributed by atoms with Gasteiger partial charge in [0.1, 0.15) is 0 Å². The van der Waals surface area contributed by atoms with E-state index < -0.39 is 23.1 Å². The fourth-order valence-electron chi connectivity index (χ4n) is 2.97. The molecule has 0 saturated heterocycles. The molecule has 1 aromatic carbocycles. The van der Waals surface area contributed by atoms with Gasteiger partial charge in [0.2, 0.25) is 0 Å². The molecule has 0 amide bonds. The van der Waals surface area contributed by atoms with Crippen LogP contribution in [0.25, 0.3) is 0 Å². The van der Waals surface area contributed by atoms with Gasteiger partial charge in [-0.25, -0.2) is 0 Å². The molecule has 1 aliphatic heterocycles. The van der Waals surface area contributed by atoms with Crippen molar-refractivity contribution in [3.8, 4) is 11.5 Å². The maximum Gasteiger partial charge on any atom is 0.416 e. The fraction of sp³-hybridized carbons (Fsp3) is 0.533. The normalized spacial score (nSPS) is 20.0. The Morgan fingerprint density at radius 2 is 1.68 bits per heavy atom. The number of alkyl halides is 3. The topological polar surface area (TPSA) is 55.8 Å². The first-order valence-electron chi connectivity index (χ1n) is 7.09. The predicted molar refractivity (Wildman–Crippen MR) is 70.2 cm³/mol. The number of fused-ring (bicyclic) bond motifs is 1. The number of hydrogen-bond acceptors (Lipinski definition) is 3. The predicted octanol–water partition coefficient (Wildman–Crippen LogP) is 3.37. The number of halogens is 3. The van der Waals surface area contributed by atoms with Crippen molar-refractivity contribution < 1.29 is 32.5 Å². The van der Waals surface area contributed by atoms with E-state index in [0.29, 0.717) is 19.4 Å². The Hall–Kier alpha value is -1.92. The third-order valence-corrected chi connectivity index (χ3v) is 4.33. The van der Waals surface area contributed by atoms with Crippen molar-refractivity contribution in [2.45, 2.75) is 37.3 Å². The SMILES string of the molecule is O=C(O)C1(c2cc3c(cc2C(F)(F)F)OCCCO3)CCC1. The molecule has 0 unspecified atom stereocenters. The second kappa shape index (κ2) is 5.07. The van der Waals surface area contributed by atoms with Gasteiger partial charge in [0.15, 0.2) is 11.5 Å². The molecule has 1 aliphatic carbocycles. The Morgan fingerprint density at radius 3 is 2.14 bits per heavy atom. The van der Waals surface area contributed by atoms with Crippen LogP contribution in [0.15, 0.2) is 12.1 Å². The van der Waals surface area contributed by atoms with E-state index in [4.69, 9.17) is 9.47 Å². The minimum absolute atomic E-state index is 0.0217. The summed E-state index contributed by atoms with van der Waals surface area (Å²) in [6, 6.07) is 2.08. The lowest BCUT2D eigenvalue weighted by atomic mass is 9.63. The molecule has 0 bridgehead atoms. The van der Waals surface area contributed by atoms with Crippen LogP contribution in [0.3, 0.4) is 0 Å². The average Bonchev–Trinajstić information content (AvgIpc) is 2.59. The van der Waals surface area contributed by atoms with E-state index in [1.165, 1.54) is 6.07 Å². The zero-order chi connectivity index (χ0) is 16.0. The number of carboxylic acids is 1. The van der Waals surface area contributed by atoms with Gasteiger partial charge in [-0.3, -0.25) is 4.79 Å². The summed E-state index contributed by atoms with van der Waals surface area (Å²) in [6.07, 6.45) is -3.08. The highest BCUT2D eigenvalue weighted by molar-refractivity contribution is 5.83. The van der Waals surface area contributed by atoms with E-state index in [1.54, 1.807) is 0 Å². The van der Waals surface area contributed by atoms with E-state index >= 15 is 0 Å². The summed E-state index contributed by atoms with van der Waals surface area (Å²) in [6.45, 7) is 0.603. The number of carboxylic acid groups (broad SMARTS) is 1. The van der Waals surface area contributed by atoms with Crippen LogP contribution in [0, 0.1) is 0 Å². The molecule has 1 aromatic rings. The minimum Gasteiger partial charge on any atom is -0.490 e. The van der Waals surface area contributed by atoms with Crippen molar-refractivity contribution in [2.75, 3.05) is 13.2 Å². The number of ether oxygens (including phenoxy) is 2. The van der Waals surface area contributed by atoms with Crippen molar-refractivity contribution in [2.24, 2.45) is 0 Å². The smallest absolute Gasteiger partial charge is 0.416 e. The third kappa shape index (κ3) is 2.28. The molecule has 1 N–H and O–H groups in total. The molecule has 1 fully saturated rings. The Morgan fingerprint density at radius 1 is 1.09 bits per heavy atom. The van der Waals surface area contributed by atoms with Gasteiger partial charge in [-0.2, -0.15) is 13.2 Å². The monoisotopic (exact) mass is 316 g/mol. The average molecular weight is 316 g/mol. The van der Waals surface area contributed by atoms with Crippen LogP contribution in [-0.2, 0) is 16.4 Å². The Labute approximate surface area is 124 Å². The highest BCUT2D eigenvalue weighted by Crippen LogP contribution is 2.51. The third-order valence-electron chi connectivity index (χ3n) is 4.33. The zero-order valence-corrected chi connectivity index (χ0v) is 11.7. The first kappa shape index (κ1) is 15.0. The van der Waals surface area contributed by atoms with Crippen molar-refractivity contribution in [1.82, 2.24) is 0 Å². The number of hydrogen-bond donors (Lipinski definition) is 1. The molecule has 3 rings (SSSR count). The molecular weight excluding hydrogens is 301 g/mol. The summed E-state index contributed by atoms with van der Waals surface area (Å²) in [5.41, 5.74) is -2.64. The molecule has 120 valence electrons. The lowest BCUT2D eigenvalue weighted by Gasteiger charge is -2.39. The highest BCUT2D eigenvalue weighted by atomic mass is 19.4. The Bertz CT molecular complexity index is 606. The van der Waals surface area contributed by atoms with E-state index in [9.17, 15) is 23.1 Å². The first-order valence-corrected chi connectivity index (χ1v) is 7.09. The van der Waals surface area contributed by atoms with Crippen LogP contribution >= 0.6 is 0 Å². The molecule has 0 radical (unpaired) electrons. The molecule has 22 heavy (non-hydrogen) atoms. The van der Waals surface area contributed by atoms with Crippen LogP contribution in [-0.4, -0.2) is 24.3 Å². The van der Waals surface area contributed by atoms with Gasteiger partial charge in [0, 0.05) is 6.42 Å². The lowest BCUT2D eigenvalue weighted by Crippen LogP contribution is -2.43. The van der Waals surface area contributed by atoms with E-state index in [1.807, 2.05) is 0 Å². The van der Waals surface area contributed by atoms with Crippen LogP contribution in [0.2, 0.25) is 0 Å². The number of carbonyl (C=O) groups is 1. The van der Waals surface area contributed by atoms with Gasteiger partial charge in [0.05, 0.1) is 24.2 Å². The maximum absolute atomic E-state index is 13.4. The summed E-state index contributed by atoms with van der Waals surface area (Å²) in [4.78, 5) is 11.6. The van der Waals surface area contributed by atoms with Gasteiger partial charge in [-0.15, -0.1) is 0 Å². The van der Waals surface area contributed by atoms with E-state index in [2.05, 4.69) is 0 Å². The number of rotatable bonds is 2. The Kier molecular flexibility index (Phi) is 3.45. The van der Waals surface area contributed by atoms with E-state index in [-0.39, 0.29) is 36.5 Å². The molecule has 0 spiro atoms. The summed E-state index contributed by atoms with van der Waals surface area (Å²) >= 11 is 0. The van der Waals surface area contributed by atoms with Gasteiger partial charge >= 0.3 is 12.1 Å². The molecule has 0 atom stereocenters. The van der Waals surface area contributed by atoms with Gasteiger partial charge in [0.25, 0.3) is 0 Å². The van der Waals surface area contributed by atoms with Crippen molar-refractivity contribution in [1.29, 1.82) is 0 Å². The highest BCUT2D eigenvalue weighted by Gasteiger charge is 2.51. The number of aliphatic carboxylic acids is 1. The van der Waals surface area contributed by atoms with Crippen LogP contribution in [0.5, 0.6) is 11.5 Å². The van der Waals surface area contributed by atoms with Gasteiger partial charge in [-0.1, -0.05) is 6.42 Å². The largest absolute Gasteiger partial charge is 0.490 e. The van der Waals surface area contributed by atoms with Crippen molar-refractivity contribution in [3.63, 3.8) is 0 Å². The number of benzene rings is 1. The van der Waals surface area contributed by atoms with Gasteiger partial charge in [-0.05, 0) is 30.5 Å². The van der Waals surface area contributed by atoms with Gasteiger partial charge < -0.3 is 14.6 Å². The fourth-order valence-corrected chi connectivity index (χ4v) is 2.97. The molecule has 7 heteroatoms. The molecule has 0 aromatic heterocycles. The maximum atomic E-state index is 13.4. The second-order valence-corrected chi connectivity index (χ2v) is 5.63. The van der Waals surface area contributed by atoms with Crippen molar-refractivity contribution in [3.05, 3.63) is 23.3 Å². The lowest BCUT2D eigenvalue weighted by molar-refractivity contribution is -0.149. The van der Waals surface area contributed by atoms with Crippen molar-refractivity contribution >= 4 is 5.97 Å². The molecule has 2 aliphatic rings. The summed E-state index contributed by atoms with van der Waals surface area (Å²) in [5, 5.41) is 9.45. The van der Waals surface area contributed by atoms with Crippen LogP contribution in [0.1, 0.15) is 36.8 Å². The van der Waals surface area contributed by atoms with E-state index in [0.717, 1.165) is 6.07 Å². The summed E-state index contributed by atoms with van der Waals surface area (Å²) in [5.74, 6) is -1.01. The standard InChI is InChI=1S/C15H15F3O4/c16-15(17,18)10-8-12-11(21-5-2-6-22-12)7-9(10)14(13(19)20)3-1-4-14/h7-8H,1-6H2,(H,19,20). The molecule has 1 saturated carbocycles. The summed E-state index contributed by atoms with van der Waals surface area (Å²) < 4.78 is 50.9.